The second kappa shape index (κ2) is 6.89. The van der Waals surface area contributed by atoms with Crippen LogP contribution >= 0.6 is 30.1 Å². The molecular formula is C5H11IN2O3S. The molecule has 2 atom stereocenters. The third-order valence-electron chi connectivity index (χ3n) is 1.14. The summed E-state index contributed by atoms with van der Waals surface area (Å²) in [5, 5.41) is 20.1. The standard InChI is InChI=1S/C5H11IN2O3S/c6-12-2-3(5(10)11)8-4(9)1-7/h3-4,8-9H,1-2,7H2,(H,10,11)/t3-,4?/m0/s1. The summed E-state index contributed by atoms with van der Waals surface area (Å²) in [6, 6.07) is -0.745. The van der Waals surface area contributed by atoms with Crippen molar-refractivity contribution in [1.82, 2.24) is 5.32 Å². The largest absolute Gasteiger partial charge is 0.480 e. The van der Waals surface area contributed by atoms with Gasteiger partial charge in [0, 0.05) is 12.3 Å². The number of aliphatic hydroxyl groups excluding tert-OH is 1. The number of halogens is 1. The maximum atomic E-state index is 10.5. The molecule has 0 aromatic heterocycles. The van der Waals surface area contributed by atoms with Gasteiger partial charge < -0.3 is 15.9 Å². The molecule has 0 saturated carbocycles. The topological polar surface area (TPSA) is 95.6 Å². The van der Waals surface area contributed by atoms with E-state index in [0.29, 0.717) is 5.75 Å². The lowest BCUT2D eigenvalue weighted by Gasteiger charge is -2.16. The van der Waals surface area contributed by atoms with Gasteiger partial charge in [0.2, 0.25) is 0 Å². The van der Waals surface area contributed by atoms with Crippen LogP contribution in [0.5, 0.6) is 0 Å². The summed E-state index contributed by atoms with van der Waals surface area (Å²) in [4.78, 5) is 10.5. The van der Waals surface area contributed by atoms with E-state index in [4.69, 9.17) is 15.9 Å². The summed E-state index contributed by atoms with van der Waals surface area (Å²) in [7, 11) is 1.37. The van der Waals surface area contributed by atoms with Crippen LogP contribution in [-0.4, -0.2) is 40.7 Å². The Hall–Kier alpha value is 0.430. The molecule has 5 N–H and O–H groups in total. The first-order valence-electron chi connectivity index (χ1n) is 3.22. The Morgan fingerprint density at radius 3 is 2.67 bits per heavy atom. The monoisotopic (exact) mass is 306 g/mol. The van der Waals surface area contributed by atoms with Crippen LogP contribution in [0.15, 0.2) is 0 Å². The van der Waals surface area contributed by atoms with Crippen molar-refractivity contribution in [3.63, 3.8) is 0 Å². The molecule has 0 rings (SSSR count). The molecule has 0 aliphatic heterocycles. The molecule has 0 fully saturated rings. The molecule has 0 aliphatic carbocycles. The van der Waals surface area contributed by atoms with Crippen LogP contribution in [0.2, 0.25) is 0 Å². The van der Waals surface area contributed by atoms with Gasteiger partial charge in [-0.2, -0.15) is 0 Å². The number of aliphatic carboxylic acids is 1. The first-order valence-corrected chi connectivity index (χ1v) is 6.75. The maximum Gasteiger partial charge on any atom is 0.321 e. The molecule has 0 spiro atoms. The SMILES string of the molecule is NCC(O)N[C@@H](CSI)C(=O)O. The molecule has 1 unspecified atom stereocenters. The summed E-state index contributed by atoms with van der Waals surface area (Å²) in [5.41, 5.74) is 5.10. The first-order chi connectivity index (χ1) is 5.61. The molecule has 0 aliphatic rings. The number of nitrogens with two attached hydrogens (primary N) is 1. The van der Waals surface area contributed by atoms with E-state index in [1.54, 1.807) is 0 Å². The zero-order valence-corrected chi connectivity index (χ0v) is 9.21. The third-order valence-corrected chi connectivity index (χ3v) is 2.68. The van der Waals surface area contributed by atoms with E-state index in [2.05, 4.69) is 5.32 Å². The number of carboxylic acid groups (broad SMARTS) is 1. The van der Waals surface area contributed by atoms with Gasteiger partial charge in [-0.3, -0.25) is 10.1 Å². The average molecular weight is 306 g/mol. The minimum absolute atomic E-state index is 0.00962. The van der Waals surface area contributed by atoms with Crippen molar-refractivity contribution in [2.45, 2.75) is 12.3 Å². The van der Waals surface area contributed by atoms with Crippen LogP contribution in [0.3, 0.4) is 0 Å². The van der Waals surface area contributed by atoms with Crippen LogP contribution in [0.25, 0.3) is 0 Å². The van der Waals surface area contributed by atoms with Crippen molar-refractivity contribution in [3.8, 4) is 0 Å². The van der Waals surface area contributed by atoms with Crippen LogP contribution in [0.4, 0.5) is 0 Å². The number of nitrogens with one attached hydrogen (secondary N) is 1. The Bertz CT molecular complexity index is 149. The van der Waals surface area contributed by atoms with E-state index in [-0.39, 0.29) is 6.54 Å². The first kappa shape index (κ1) is 12.4. The molecule has 5 nitrogen and oxygen atoms in total. The average Bonchev–Trinajstić information content (AvgIpc) is 2.03. The quantitative estimate of drug-likeness (QED) is 0.386. The Balaban J connectivity index is 3.86. The molecule has 0 radical (unpaired) electrons. The summed E-state index contributed by atoms with van der Waals surface area (Å²) in [5.74, 6) is -0.584. The van der Waals surface area contributed by atoms with Crippen LogP contribution in [0, 0.1) is 0 Å². The van der Waals surface area contributed by atoms with Gasteiger partial charge in [0.1, 0.15) is 12.3 Å². The molecule has 7 heteroatoms. The zero-order valence-electron chi connectivity index (χ0n) is 6.24. The highest BCUT2D eigenvalue weighted by Crippen LogP contribution is 2.12. The van der Waals surface area contributed by atoms with Gasteiger partial charge in [-0.25, -0.2) is 0 Å². The van der Waals surface area contributed by atoms with E-state index in [1.165, 1.54) is 8.93 Å². The Labute approximate surface area is 86.7 Å². The summed E-state index contributed by atoms with van der Waals surface area (Å²) in [6.07, 6.45) is -0.949. The Morgan fingerprint density at radius 1 is 1.75 bits per heavy atom. The lowest BCUT2D eigenvalue weighted by Crippen LogP contribution is -2.47. The van der Waals surface area contributed by atoms with Gasteiger partial charge in [-0.15, -0.1) is 0 Å². The maximum absolute atomic E-state index is 10.5. The molecule has 0 aromatic carbocycles. The van der Waals surface area contributed by atoms with Crippen molar-refractivity contribution in [1.29, 1.82) is 0 Å². The zero-order chi connectivity index (χ0) is 9.56. The van der Waals surface area contributed by atoms with Crippen molar-refractivity contribution in [2.24, 2.45) is 5.73 Å². The van der Waals surface area contributed by atoms with Crippen molar-refractivity contribution >= 4 is 36.1 Å². The van der Waals surface area contributed by atoms with Gasteiger partial charge in [0.15, 0.2) is 0 Å². The number of carbonyl (C=O) groups is 1. The van der Waals surface area contributed by atoms with E-state index in [9.17, 15) is 4.79 Å². The van der Waals surface area contributed by atoms with Crippen LogP contribution in [0.1, 0.15) is 0 Å². The highest BCUT2D eigenvalue weighted by Gasteiger charge is 2.18. The number of carboxylic acids is 1. The number of rotatable bonds is 6. The van der Waals surface area contributed by atoms with Crippen LogP contribution in [-0.2, 0) is 4.79 Å². The fraction of sp³-hybridized carbons (Fsp3) is 0.800. The minimum Gasteiger partial charge on any atom is -0.480 e. The highest BCUT2D eigenvalue weighted by atomic mass is 127. The lowest BCUT2D eigenvalue weighted by molar-refractivity contribution is -0.139. The second-order valence-corrected chi connectivity index (χ2v) is 4.50. The predicted molar refractivity (Wildman–Crippen MR) is 56.1 cm³/mol. The number of aliphatic hydroxyl groups is 1. The molecule has 0 saturated heterocycles. The highest BCUT2D eigenvalue weighted by molar-refractivity contribution is 14.2. The molecule has 0 amide bonds. The fourth-order valence-electron chi connectivity index (χ4n) is 0.554. The molecule has 0 bridgehead atoms. The fourth-order valence-corrected chi connectivity index (χ4v) is 2.00. The van der Waals surface area contributed by atoms with Crippen molar-refractivity contribution in [3.05, 3.63) is 0 Å². The molecule has 0 heterocycles. The summed E-state index contributed by atoms with van der Waals surface area (Å²) >= 11 is 2.00. The normalized spacial score (nSPS) is 15.6. The summed E-state index contributed by atoms with van der Waals surface area (Å²) in [6.45, 7) is 0.00962. The number of hydrogen-bond acceptors (Lipinski definition) is 5. The van der Waals surface area contributed by atoms with Gasteiger partial charge in [0.05, 0.1) is 0 Å². The predicted octanol–water partition coefficient (Wildman–Crippen LogP) is -0.611. The molecule has 0 aromatic rings. The van der Waals surface area contributed by atoms with Gasteiger partial charge >= 0.3 is 5.97 Å². The number of hydrogen-bond donors (Lipinski definition) is 4. The lowest BCUT2D eigenvalue weighted by atomic mass is 10.3. The minimum atomic E-state index is -0.980. The third kappa shape index (κ3) is 5.14. The van der Waals surface area contributed by atoms with Crippen molar-refractivity contribution in [2.75, 3.05) is 12.3 Å². The van der Waals surface area contributed by atoms with Crippen LogP contribution < -0.4 is 11.1 Å². The van der Waals surface area contributed by atoms with Gasteiger partial charge in [0.25, 0.3) is 0 Å². The molecular weight excluding hydrogens is 295 g/mol. The van der Waals surface area contributed by atoms with Gasteiger partial charge in [-0.05, 0) is 21.2 Å². The smallest absolute Gasteiger partial charge is 0.321 e. The van der Waals surface area contributed by atoms with E-state index in [0.717, 1.165) is 0 Å². The van der Waals surface area contributed by atoms with Crippen molar-refractivity contribution < 1.29 is 15.0 Å². The Kier molecular flexibility index (Phi) is 7.14. The second-order valence-electron chi connectivity index (χ2n) is 2.08. The van der Waals surface area contributed by atoms with E-state index >= 15 is 0 Å². The molecule has 12 heavy (non-hydrogen) atoms. The van der Waals surface area contributed by atoms with Gasteiger partial charge in [-0.1, -0.05) is 8.93 Å². The molecule has 72 valence electrons. The van der Waals surface area contributed by atoms with E-state index < -0.39 is 18.2 Å². The Morgan fingerprint density at radius 2 is 2.33 bits per heavy atom. The summed E-state index contributed by atoms with van der Waals surface area (Å²) < 4.78 is 0. The van der Waals surface area contributed by atoms with E-state index in [1.807, 2.05) is 21.2 Å².